The average Bonchev–Trinajstić information content (AvgIpc) is 3.40. The minimum absolute atomic E-state index is 0.152. The lowest BCUT2D eigenvalue weighted by atomic mass is 10.1. The van der Waals surface area contributed by atoms with Crippen molar-refractivity contribution >= 4 is 57.3 Å². The number of amides is 1. The van der Waals surface area contributed by atoms with Crippen LogP contribution in [0.5, 0.6) is 5.75 Å². The minimum Gasteiger partial charge on any atom is -0.494 e. The number of nitrogens with one attached hydrogen (secondary N) is 1. The van der Waals surface area contributed by atoms with Gasteiger partial charge in [-0.15, -0.1) is 0 Å². The number of thioether (sulfide) groups is 1. The number of fused-ring (bicyclic) bond motifs is 2. The van der Waals surface area contributed by atoms with Gasteiger partial charge in [0.1, 0.15) is 11.6 Å². The molecule has 0 saturated carbocycles. The molecule has 0 radical (unpaired) electrons. The summed E-state index contributed by atoms with van der Waals surface area (Å²) in [5.41, 5.74) is 5.38. The van der Waals surface area contributed by atoms with Gasteiger partial charge in [0.05, 0.1) is 12.2 Å². The van der Waals surface area contributed by atoms with Crippen molar-refractivity contribution in [3.05, 3.63) is 81.0 Å². The molecule has 0 bridgehead atoms. The molecule has 6 nitrogen and oxygen atoms in total. The fourth-order valence-corrected chi connectivity index (χ4v) is 5.32. The maximum Gasteiger partial charge on any atom is 0.283 e. The number of halogens is 1. The van der Waals surface area contributed by atoms with Gasteiger partial charge < -0.3 is 9.30 Å². The number of nitrogens with zero attached hydrogens (tertiary/aromatic N) is 3. The second-order valence-corrected chi connectivity index (χ2v) is 9.87. The molecule has 0 atom stereocenters. The van der Waals surface area contributed by atoms with Crippen molar-refractivity contribution in [3.8, 4) is 5.75 Å². The van der Waals surface area contributed by atoms with Gasteiger partial charge in [0.15, 0.2) is 5.17 Å². The summed E-state index contributed by atoms with van der Waals surface area (Å²) < 4.78 is 8.26. The van der Waals surface area contributed by atoms with Gasteiger partial charge in [0, 0.05) is 39.9 Å². The van der Waals surface area contributed by atoms with Crippen LogP contribution in [0, 0.1) is 26.2 Å². The predicted molar refractivity (Wildman–Crippen MR) is 144 cm³/mol. The normalized spacial score (nSPS) is 16.4. The summed E-state index contributed by atoms with van der Waals surface area (Å²) in [5.74, 6) is 0.599. The summed E-state index contributed by atoms with van der Waals surface area (Å²) in [4.78, 5) is 18.5. The van der Waals surface area contributed by atoms with Crippen molar-refractivity contribution in [1.29, 1.82) is 5.41 Å². The first-order chi connectivity index (χ1) is 16.8. The molecule has 3 aromatic rings. The van der Waals surface area contributed by atoms with Crippen LogP contribution in [0.1, 0.15) is 28.8 Å². The summed E-state index contributed by atoms with van der Waals surface area (Å²) in [7, 11) is 0. The van der Waals surface area contributed by atoms with Crippen molar-refractivity contribution in [1.82, 2.24) is 9.47 Å². The van der Waals surface area contributed by atoms with Crippen molar-refractivity contribution in [2.75, 3.05) is 6.61 Å². The molecule has 35 heavy (non-hydrogen) atoms. The van der Waals surface area contributed by atoms with Gasteiger partial charge in [-0.25, -0.2) is 0 Å². The second-order valence-electron chi connectivity index (χ2n) is 8.62. The number of benzene rings is 2. The zero-order chi connectivity index (χ0) is 24.7. The van der Waals surface area contributed by atoms with E-state index in [9.17, 15) is 4.79 Å². The Balaban J connectivity index is 1.40. The van der Waals surface area contributed by atoms with E-state index in [1.165, 1.54) is 11.8 Å². The summed E-state index contributed by atoms with van der Waals surface area (Å²) >= 11 is 7.62. The van der Waals surface area contributed by atoms with Gasteiger partial charge >= 0.3 is 0 Å². The molecule has 0 aliphatic carbocycles. The fourth-order valence-electron chi connectivity index (χ4n) is 4.51. The lowest BCUT2D eigenvalue weighted by Crippen LogP contribution is -2.35. The number of ether oxygens (including phenoxy) is 1. The monoisotopic (exact) mass is 504 g/mol. The number of aliphatic imine (C=N–C) groups is 1. The number of para-hydroxylation sites is 1. The topological polar surface area (TPSA) is 70.7 Å². The molecule has 2 aromatic carbocycles. The Kier molecular flexibility index (Phi) is 6.30. The van der Waals surface area contributed by atoms with E-state index in [0.29, 0.717) is 17.3 Å². The Morgan fingerprint density at radius 2 is 1.91 bits per heavy atom. The number of aromatic nitrogens is 1. The van der Waals surface area contributed by atoms with Gasteiger partial charge in [-0.05, 0) is 68.0 Å². The first kappa shape index (κ1) is 23.5. The maximum atomic E-state index is 12.7. The number of hydrogen-bond acceptors (Lipinski definition) is 4. The second kappa shape index (κ2) is 9.40. The molecule has 2 aliphatic heterocycles. The smallest absolute Gasteiger partial charge is 0.283 e. The van der Waals surface area contributed by atoms with Crippen molar-refractivity contribution in [2.24, 2.45) is 4.99 Å². The molecule has 0 unspecified atom stereocenters. The van der Waals surface area contributed by atoms with Crippen LogP contribution in [-0.2, 0) is 11.3 Å². The van der Waals surface area contributed by atoms with Crippen molar-refractivity contribution in [3.63, 3.8) is 0 Å². The number of aryl methyl sites for hydroxylation is 3. The number of hydrogen-bond donors (Lipinski definition) is 1. The highest BCUT2D eigenvalue weighted by Crippen LogP contribution is 2.32. The van der Waals surface area contributed by atoms with Crippen LogP contribution in [0.15, 0.2) is 58.6 Å². The van der Waals surface area contributed by atoms with Crippen LogP contribution in [0.3, 0.4) is 0 Å². The van der Waals surface area contributed by atoms with Crippen LogP contribution < -0.4 is 4.74 Å². The molecule has 3 heterocycles. The van der Waals surface area contributed by atoms with Crippen LogP contribution >= 0.6 is 23.4 Å². The minimum atomic E-state index is -0.379. The zero-order valence-corrected chi connectivity index (χ0v) is 21.3. The standard InChI is InChI=1S/C27H25ClN4O2S/c1-16-13-19(14-17(2)24(16)28)34-11-6-9-31-18(3)21(20-7-4-5-8-23(20)31)15-22-25(29)32-10-12-35-27(32)30-26(22)33/h4-5,7-8,10,12-15,29H,6,9,11H2,1-3H3/b22-15-,29-25?. The Labute approximate surface area is 213 Å². The Morgan fingerprint density at radius 3 is 2.69 bits per heavy atom. The lowest BCUT2D eigenvalue weighted by molar-refractivity contribution is -0.114. The first-order valence-electron chi connectivity index (χ1n) is 11.4. The van der Waals surface area contributed by atoms with Gasteiger partial charge in [-0.2, -0.15) is 4.99 Å². The number of carbonyl (C=O) groups is 1. The van der Waals surface area contributed by atoms with Crippen molar-refractivity contribution in [2.45, 2.75) is 33.7 Å². The molecule has 0 saturated heterocycles. The molecule has 0 spiro atoms. The predicted octanol–water partition coefficient (Wildman–Crippen LogP) is 6.47. The first-order valence-corrected chi connectivity index (χ1v) is 12.6. The molecule has 0 fully saturated rings. The third-order valence-corrected chi connectivity index (χ3v) is 7.64. The van der Waals surface area contributed by atoms with Gasteiger partial charge in [0.2, 0.25) is 0 Å². The average molecular weight is 505 g/mol. The molecule has 2 aliphatic rings. The number of rotatable bonds is 6. The van der Waals surface area contributed by atoms with Crippen LogP contribution in [0.25, 0.3) is 17.0 Å². The summed E-state index contributed by atoms with van der Waals surface area (Å²) in [6.45, 7) is 7.35. The van der Waals surface area contributed by atoms with Crippen LogP contribution in [0.4, 0.5) is 0 Å². The Morgan fingerprint density at radius 1 is 1.17 bits per heavy atom. The summed E-state index contributed by atoms with van der Waals surface area (Å²) in [5, 5.41) is 12.7. The quantitative estimate of drug-likeness (QED) is 0.308. The molecule has 1 amide bonds. The lowest BCUT2D eigenvalue weighted by Gasteiger charge is -2.22. The molecule has 178 valence electrons. The molecular weight excluding hydrogens is 480 g/mol. The van der Waals surface area contributed by atoms with E-state index in [-0.39, 0.29) is 11.7 Å². The molecule has 1 N–H and O–H groups in total. The van der Waals surface area contributed by atoms with Gasteiger partial charge in [0.25, 0.3) is 5.91 Å². The largest absolute Gasteiger partial charge is 0.494 e. The summed E-state index contributed by atoms with van der Waals surface area (Å²) in [6.07, 6.45) is 4.39. The highest BCUT2D eigenvalue weighted by Gasteiger charge is 2.31. The third kappa shape index (κ3) is 4.30. The van der Waals surface area contributed by atoms with E-state index >= 15 is 0 Å². The van der Waals surface area contributed by atoms with E-state index in [2.05, 4.69) is 28.6 Å². The molecule has 8 heteroatoms. The van der Waals surface area contributed by atoms with E-state index in [1.54, 1.807) is 11.1 Å². The van der Waals surface area contributed by atoms with Crippen LogP contribution in [-0.4, -0.2) is 33.0 Å². The SMILES string of the molecule is Cc1cc(OCCCn2c(C)c(/C=C3/C(=N)N4C=CSC4=NC3=O)c3ccccc32)cc(C)c1Cl. The zero-order valence-electron chi connectivity index (χ0n) is 19.8. The number of carbonyl (C=O) groups excluding carboxylic acids is 1. The van der Waals surface area contributed by atoms with E-state index < -0.39 is 0 Å². The Hall–Kier alpha value is -3.29. The molecular formula is C27H25ClN4O2S. The third-order valence-electron chi connectivity index (χ3n) is 6.29. The van der Waals surface area contributed by atoms with Gasteiger partial charge in [-0.3, -0.25) is 15.1 Å². The highest BCUT2D eigenvalue weighted by atomic mass is 35.5. The maximum absolute atomic E-state index is 12.7. The van der Waals surface area contributed by atoms with E-state index in [0.717, 1.165) is 57.0 Å². The van der Waals surface area contributed by atoms with E-state index in [1.807, 2.05) is 49.6 Å². The van der Waals surface area contributed by atoms with Gasteiger partial charge in [-0.1, -0.05) is 41.6 Å². The molecule has 1 aromatic heterocycles. The van der Waals surface area contributed by atoms with Crippen molar-refractivity contribution < 1.29 is 9.53 Å². The molecule has 5 rings (SSSR count). The number of amidine groups is 2. The van der Waals surface area contributed by atoms with E-state index in [4.69, 9.17) is 21.7 Å². The fraction of sp³-hybridized carbons (Fsp3) is 0.222. The Bertz CT molecular complexity index is 1440. The van der Waals surface area contributed by atoms with Crippen LogP contribution in [0.2, 0.25) is 5.02 Å². The highest BCUT2D eigenvalue weighted by molar-refractivity contribution is 8.16. The summed E-state index contributed by atoms with van der Waals surface area (Å²) in [6, 6.07) is 12.1.